The maximum absolute atomic E-state index is 12.0. The zero-order chi connectivity index (χ0) is 14.7. The molecule has 1 atom stereocenters. The van der Waals surface area contributed by atoms with Crippen LogP contribution >= 0.6 is 0 Å². The zero-order valence-electron chi connectivity index (χ0n) is 12.0. The summed E-state index contributed by atoms with van der Waals surface area (Å²) in [5.41, 5.74) is 0.738. The summed E-state index contributed by atoms with van der Waals surface area (Å²) in [6.45, 7) is 7.81. The van der Waals surface area contributed by atoms with Crippen molar-refractivity contribution in [2.45, 2.75) is 40.2 Å². The Morgan fingerprint density at radius 3 is 2.47 bits per heavy atom. The van der Waals surface area contributed by atoms with E-state index in [1.807, 2.05) is 20.8 Å². The van der Waals surface area contributed by atoms with E-state index in [1.165, 1.54) is 0 Å². The number of phenolic OH excluding ortho intramolecular Hbond substituents is 1. The van der Waals surface area contributed by atoms with Gasteiger partial charge in [0.2, 0.25) is 10.0 Å². The van der Waals surface area contributed by atoms with Crippen LogP contribution in [0.1, 0.15) is 45.7 Å². The lowest BCUT2D eigenvalue weighted by Crippen LogP contribution is -2.30. The molecule has 0 saturated heterocycles. The topological polar surface area (TPSA) is 66.4 Å². The number of nitrogens with one attached hydrogen (secondary N) is 1. The first kappa shape index (κ1) is 16.0. The molecule has 0 saturated carbocycles. The first-order valence-electron chi connectivity index (χ1n) is 6.38. The molecule has 0 heterocycles. The standard InChI is InChI=1S/C14H23NO3S/c1-11(12-6-5-7-13(16)10-12)15-19(17,18)9-8-14(2,3)4/h5-7,10-11,15-16H,8-9H2,1-4H3/t11-/m1/s1. The van der Waals surface area contributed by atoms with E-state index in [2.05, 4.69) is 4.72 Å². The van der Waals surface area contributed by atoms with Crippen LogP contribution in [0.4, 0.5) is 0 Å². The second-order valence-corrected chi connectivity index (χ2v) is 7.94. The minimum absolute atomic E-state index is 0.0109. The molecule has 0 unspecified atom stereocenters. The monoisotopic (exact) mass is 285 g/mol. The van der Waals surface area contributed by atoms with E-state index < -0.39 is 10.0 Å². The molecule has 108 valence electrons. The summed E-state index contributed by atoms with van der Waals surface area (Å²) < 4.78 is 26.6. The molecule has 4 nitrogen and oxygen atoms in total. The molecule has 1 rings (SSSR count). The van der Waals surface area contributed by atoms with Crippen molar-refractivity contribution < 1.29 is 13.5 Å². The van der Waals surface area contributed by atoms with Gasteiger partial charge in [-0.3, -0.25) is 0 Å². The Balaban J connectivity index is 2.68. The molecular weight excluding hydrogens is 262 g/mol. The Hall–Kier alpha value is -1.07. The SMILES string of the molecule is C[C@@H](NS(=O)(=O)CCC(C)(C)C)c1cccc(O)c1. The lowest BCUT2D eigenvalue weighted by molar-refractivity contribution is 0.396. The quantitative estimate of drug-likeness (QED) is 0.874. The highest BCUT2D eigenvalue weighted by molar-refractivity contribution is 7.89. The van der Waals surface area contributed by atoms with Crippen LogP contribution in [0.15, 0.2) is 24.3 Å². The normalized spacial score (nSPS) is 14.3. The molecule has 0 aliphatic carbocycles. The summed E-state index contributed by atoms with van der Waals surface area (Å²) in [7, 11) is -3.31. The van der Waals surface area contributed by atoms with Gasteiger partial charge in [0.1, 0.15) is 5.75 Å². The average molecular weight is 285 g/mol. The molecule has 1 aromatic carbocycles. The van der Waals surface area contributed by atoms with E-state index in [9.17, 15) is 13.5 Å². The number of rotatable bonds is 5. The van der Waals surface area contributed by atoms with Gasteiger partial charge < -0.3 is 5.11 Å². The second-order valence-electron chi connectivity index (χ2n) is 6.06. The molecule has 0 aliphatic rings. The molecule has 5 heteroatoms. The van der Waals surface area contributed by atoms with Crippen LogP contribution < -0.4 is 4.72 Å². The van der Waals surface area contributed by atoms with Gasteiger partial charge in [-0.2, -0.15) is 0 Å². The Morgan fingerprint density at radius 1 is 1.32 bits per heavy atom. The Labute approximate surface area is 115 Å². The summed E-state index contributed by atoms with van der Waals surface area (Å²) >= 11 is 0. The molecule has 0 radical (unpaired) electrons. The molecule has 0 spiro atoms. The number of sulfonamides is 1. The summed E-state index contributed by atoms with van der Waals surface area (Å²) in [6.07, 6.45) is 0.606. The van der Waals surface area contributed by atoms with Gasteiger partial charge in [0.05, 0.1) is 5.75 Å². The zero-order valence-corrected chi connectivity index (χ0v) is 12.8. The van der Waals surface area contributed by atoms with Gasteiger partial charge in [0, 0.05) is 6.04 Å². The number of hydrogen-bond acceptors (Lipinski definition) is 3. The molecule has 0 aromatic heterocycles. The fraction of sp³-hybridized carbons (Fsp3) is 0.571. The summed E-state index contributed by atoms with van der Waals surface area (Å²) in [6, 6.07) is 6.26. The Bertz CT molecular complexity index is 518. The molecule has 0 fully saturated rings. The molecular formula is C14H23NO3S. The van der Waals surface area contributed by atoms with Crippen molar-refractivity contribution in [3.8, 4) is 5.75 Å². The van der Waals surface area contributed by atoms with Crippen molar-refractivity contribution in [3.63, 3.8) is 0 Å². The highest BCUT2D eigenvalue weighted by Crippen LogP contribution is 2.21. The van der Waals surface area contributed by atoms with E-state index in [-0.39, 0.29) is 23.0 Å². The average Bonchev–Trinajstić information content (AvgIpc) is 2.25. The van der Waals surface area contributed by atoms with Crippen molar-refractivity contribution in [2.75, 3.05) is 5.75 Å². The number of hydrogen-bond donors (Lipinski definition) is 2. The first-order chi connectivity index (χ1) is 8.59. The van der Waals surface area contributed by atoms with Crippen LogP contribution in [0.2, 0.25) is 0 Å². The molecule has 1 aromatic rings. The van der Waals surface area contributed by atoms with Crippen LogP contribution in [-0.4, -0.2) is 19.3 Å². The van der Waals surface area contributed by atoms with E-state index in [1.54, 1.807) is 31.2 Å². The summed E-state index contributed by atoms with van der Waals surface area (Å²) in [4.78, 5) is 0. The predicted molar refractivity (Wildman–Crippen MR) is 77.5 cm³/mol. The van der Waals surface area contributed by atoms with Crippen LogP contribution in [0.3, 0.4) is 0 Å². The van der Waals surface area contributed by atoms with E-state index in [0.717, 1.165) is 5.56 Å². The summed E-state index contributed by atoms with van der Waals surface area (Å²) in [5, 5.41) is 9.39. The van der Waals surface area contributed by atoms with E-state index in [0.29, 0.717) is 6.42 Å². The first-order valence-corrected chi connectivity index (χ1v) is 8.03. The summed E-state index contributed by atoms with van der Waals surface area (Å²) in [5.74, 6) is 0.248. The highest BCUT2D eigenvalue weighted by Gasteiger charge is 2.19. The molecule has 0 amide bonds. The minimum atomic E-state index is -3.31. The third-order valence-corrected chi connectivity index (χ3v) is 4.30. The van der Waals surface area contributed by atoms with Crippen molar-refractivity contribution >= 4 is 10.0 Å². The number of phenols is 1. The highest BCUT2D eigenvalue weighted by atomic mass is 32.2. The van der Waals surface area contributed by atoms with Gasteiger partial charge in [-0.1, -0.05) is 32.9 Å². The fourth-order valence-corrected chi connectivity index (χ4v) is 3.30. The van der Waals surface area contributed by atoms with Gasteiger partial charge in [0.25, 0.3) is 0 Å². The predicted octanol–water partition coefficient (Wildman–Crippen LogP) is 2.81. The van der Waals surface area contributed by atoms with Gasteiger partial charge in [-0.05, 0) is 36.5 Å². The van der Waals surface area contributed by atoms with E-state index in [4.69, 9.17) is 0 Å². The van der Waals surface area contributed by atoms with Gasteiger partial charge in [0.15, 0.2) is 0 Å². The molecule has 19 heavy (non-hydrogen) atoms. The second kappa shape index (κ2) is 5.92. The third-order valence-electron chi connectivity index (χ3n) is 2.85. The number of benzene rings is 1. The van der Waals surface area contributed by atoms with Crippen molar-refractivity contribution in [2.24, 2.45) is 5.41 Å². The number of aromatic hydroxyl groups is 1. The third kappa shape index (κ3) is 6.07. The van der Waals surface area contributed by atoms with Crippen molar-refractivity contribution in [1.82, 2.24) is 4.72 Å². The molecule has 0 bridgehead atoms. The maximum atomic E-state index is 12.0. The van der Waals surface area contributed by atoms with Crippen molar-refractivity contribution in [1.29, 1.82) is 0 Å². The Morgan fingerprint density at radius 2 is 1.95 bits per heavy atom. The largest absolute Gasteiger partial charge is 0.508 e. The van der Waals surface area contributed by atoms with Crippen LogP contribution in [0.25, 0.3) is 0 Å². The Kier molecular flexibility index (Phi) is 4.98. The van der Waals surface area contributed by atoms with Gasteiger partial charge >= 0.3 is 0 Å². The lowest BCUT2D eigenvalue weighted by Gasteiger charge is -2.20. The van der Waals surface area contributed by atoms with Crippen LogP contribution in [0, 0.1) is 5.41 Å². The van der Waals surface area contributed by atoms with Crippen LogP contribution in [-0.2, 0) is 10.0 Å². The lowest BCUT2D eigenvalue weighted by atomic mass is 9.94. The fourth-order valence-electron chi connectivity index (χ4n) is 1.63. The smallest absolute Gasteiger partial charge is 0.212 e. The van der Waals surface area contributed by atoms with E-state index >= 15 is 0 Å². The minimum Gasteiger partial charge on any atom is -0.508 e. The molecule has 0 aliphatic heterocycles. The van der Waals surface area contributed by atoms with Crippen molar-refractivity contribution in [3.05, 3.63) is 29.8 Å². The van der Waals surface area contributed by atoms with Gasteiger partial charge in [-0.25, -0.2) is 13.1 Å². The molecule has 2 N–H and O–H groups in total. The van der Waals surface area contributed by atoms with Crippen LogP contribution in [0.5, 0.6) is 5.75 Å². The van der Waals surface area contributed by atoms with Gasteiger partial charge in [-0.15, -0.1) is 0 Å². The maximum Gasteiger partial charge on any atom is 0.212 e.